The smallest absolute Gasteiger partial charge is 0.338 e. The molecule has 5 amide bonds. The molecule has 9 nitrogen and oxygen atoms in total. The summed E-state index contributed by atoms with van der Waals surface area (Å²) >= 11 is 0. The van der Waals surface area contributed by atoms with E-state index in [0.717, 1.165) is 4.90 Å². The molecule has 2 aliphatic heterocycles. The fourth-order valence-electron chi connectivity index (χ4n) is 3.61. The molecule has 0 spiro atoms. The Morgan fingerprint density at radius 2 is 1.53 bits per heavy atom. The fraction of sp³-hybridized carbons (Fsp3) is 0.261. The second kappa shape index (κ2) is 9.01. The Morgan fingerprint density at radius 3 is 2.12 bits per heavy atom. The SMILES string of the molecule is O=C(OCCCCN1C(=O)c2ccccc2C1=O)c1ccc(CN2C(=O)CNC2=O)cc1. The van der Waals surface area contributed by atoms with Gasteiger partial charge in [0.2, 0.25) is 5.91 Å². The fourth-order valence-corrected chi connectivity index (χ4v) is 3.61. The van der Waals surface area contributed by atoms with Crippen LogP contribution >= 0.6 is 0 Å². The first-order valence-electron chi connectivity index (χ1n) is 10.2. The summed E-state index contributed by atoms with van der Waals surface area (Å²) in [6.07, 6.45) is 1.02. The molecule has 0 aliphatic carbocycles. The van der Waals surface area contributed by atoms with Crippen molar-refractivity contribution in [3.8, 4) is 0 Å². The highest BCUT2D eigenvalue weighted by atomic mass is 16.5. The van der Waals surface area contributed by atoms with Crippen molar-refractivity contribution in [2.75, 3.05) is 19.7 Å². The van der Waals surface area contributed by atoms with Crippen molar-refractivity contribution in [2.45, 2.75) is 19.4 Å². The number of nitrogens with one attached hydrogen (secondary N) is 1. The minimum absolute atomic E-state index is 0.00371. The monoisotopic (exact) mass is 435 g/mol. The summed E-state index contributed by atoms with van der Waals surface area (Å²) in [6.45, 7) is 0.557. The van der Waals surface area contributed by atoms with Crippen LogP contribution in [0.1, 0.15) is 49.5 Å². The van der Waals surface area contributed by atoms with Crippen molar-refractivity contribution < 1.29 is 28.7 Å². The molecule has 2 heterocycles. The Kier molecular flexibility index (Phi) is 5.98. The van der Waals surface area contributed by atoms with Crippen molar-refractivity contribution >= 4 is 29.7 Å². The number of ether oxygens (including phenoxy) is 1. The van der Waals surface area contributed by atoms with Gasteiger partial charge in [-0.15, -0.1) is 0 Å². The first kappa shape index (κ1) is 21.2. The molecule has 1 fully saturated rings. The molecule has 0 saturated carbocycles. The van der Waals surface area contributed by atoms with Crippen LogP contribution in [0.5, 0.6) is 0 Å². The molecule has 0 unspecified atom stereocenters. The standard InChI is InChI=1S/C23H21N3O6/c27-19-13-24-23(31)26(19)14-15-7-9-16(10-8-15)22(30)32-12-4-3-11-25-20(28)17-5-1-2-6-18(17)21(25)29/h1-2,5-10H,3-4,11-14H2,(H,24,31). The summed E-state index contributed by atoms with van der Waals surface area (Å²) in [4.78, 5) is 62.4. The third-order valence-corrected chi connectivity index (χ3v) is 5.35. The number of imide groups is 2. The van der Waals surface area contributed by atoms with Gasteiger partial charge in [-0.05, 0) is 42.7 Å². The Labute approximate surface area is 183 Å². The van der Waals surface area contributed by atoms with Gasteiger partial charge in [-0.25, -0.2) is 9.59 Å². The first-order chi connectivity index (χ1) is 15.5. The van der Waals surface area contributed by atoms with Crippen molar-refractivity contribution in [1.82, 2.24) is 15.1 Å². The van der Waals surface area contributed by atoms with Crippen LogP contribution in [-0.4, -0.2) is 59.2 Å². The molecule has 9 heteroatoms. The predicted molar refractivity (Wildman–Crippen MR) is 112 cm³/mol. The van der Waals surface area contributed by atoms with Gasteiger partial charge in [-0.1, -0.05) is 24.3 Å². The number of urea groups is 1. The predicted octanol–water partition coefficient (Wildman–Crippen LogP) is 1.97. The highest BCUT2D eigenvalue weighted by Crippen LogP contribution is 2.22. The van der Waals surface area contributed by atoms with Gasteiger partial charge in [-0.2, -0.15) is 0 Å². The first-order valence-corrected chi connectivity index (χ1v) is 10.2. The average Bonchev–Trinajstić information content (AvgIpc) is 3.25. The molecule has 164 valence electrons. The van der Waals surface area contributed by atoms with E-state index in [1.54, 1.807) is 48.5 Å². The Hall–Kier alpha value is -4.01. The van der Waals surface area contributed by atoms with Crippen molar-refractivity contribution in [3.05, 3.63) is 70.8 Å². The van der Waals surface area contributed by atoms with Gasteiger partial charge >= 0.3 is 12.0 Å². The van der Waals surface area contributed by atoms with E-state index in [1.165, 1.54) is 4.90 Å². The summed E-state index contributed by atoms with van der Waals surface area (Å²) in [6, 6.07) is 12.8. The topological polar surface area (TPSA) is 113 Å². The van der Waals surface area contributed by atoms with Crippen LogP contribution in [0.2, 0.25) is 0 Å². The molecule has 0 aromatic heterocycles. The van der Waals surface area contributed by atoms with Crippen LogP contribution in [0.25, 0.3) is 0 Å². The van der Waals surface area contributed by atoms with Gasteiger partial charge in [0.05, 0.1) is 36.4 Å². The molecule has 0 radical (unpaired) electrons. The van der Waals surface area contributed by atoms with Crippen LogP contribution in [0.15, 0.2) is 48.5 Å². The third-order valence-electron chi connectivity index (χ3n) is 5.35. The zero-order chi connectivity index (χ0) is 22.7. The molecule has 1 N–H and O–H groups in total. The van der Waals surface area contributed by atoms with Gasteiger partial charge in [-0.3, -0.25) is 24.2 Å². The summed E-state index contributed by atoms with van der Waals surface area (Å²) in [7, 11) is 0. The Bertz CT molecular complexity index is 1040. The summed E-state index contributed by atoms with van der Waals surface area (Å²) in [5.74, 6) is -1.38. The maximum atomic E-state index is 12.3. The lowest BCUT2D eigenvalue weighted by molar-refractivity contribution is -0.125. The molecule has 32 heavy (non-hydrogen) atoms. The molecule has 1 saturated heterocycles. The number of esters is 1. The van der Waals surface area contributed by atoms with E-state index >= 15 is 0 Å². The lowest BCUT2D eigenvalue weighted by atomic mass is 10.1. The number of hydrogen-bond donors (Lipinski definition) is 1. The molecule has 2 aromatic rings. The number of unbranched alkanes of at least 4 members (excludes halogenated alkanes) is 1. The van der Waals surface area contributed by atoms with E-state index in [9.17, 15) is 24.0 Å². The van der Waals surface area contributed by atoms with Gasteiger partial charge in [0.1, 0.15) is 0 Å². The highest BCUT2D eigenvalue weighted by Gasteiger charge is 2.34. The zero-order valence-corrected chi connectivity index (χ0v) is 17.2. The number of fused-ring (bicyclic) bond motifs is 1. The maximum absolute atomic E-state index is 12.3. The van der Waals surface area contributed by atoms with Crippen molar-refractivity contribution in [2.24, 2.45) is 0 Å². The highest BCUT2D eigenvalue weighted by molar-refractivity contribution is 6.21. The summed E-state index contributed by atoms with van der Waals surface area (Å²) < 4.78 is 5.26. The number of hydrogen-bond acceptors (Lipinski definition) is 6. The van der Waals surface area contributed by atoms with Crippen LogP contribution in [-0.2, 0) is 16.1 Å². The molecule has 2 aromatic carbocycles. The average molecular weight is 435 g/mol. The van der Waals surface area contributed by atoms with E-state index in [2.05, 4.69) is 5.32 Å². The van der Waals surface area contributed by atoms with E-state index in [-0.39, 0.29) is 44.0 Å². The van der Waals surface area contributed by atoms with Gasteiger partial charge < -0.3 is 10.1 Å². The zero-order valence-electron chi connectivity index (χ0n) is 17.2. The van der Waals surface area contributed by atoms with Crippen LogP contribution < -0.4 is 5.32 Å². The lowest BCUT2D eigenvalue weighted by Crippen LogP contribution is -2.30. The molecule has 0 bridgehead atoms. The quantitative estimate of drug-likeness (QED) is 0.294. The molecular formula is C23H21N3O6. The summed E-state index contributed by atoms with van der Waals surface area (Å²) in [5.41, 5.74) is 1.91. The van der Waals surface area contributed by atoms with E-state index in [0.29, 0.717) is 35.1 Å². The van der Waals surface area contributed by atoms with Crippen LogP contribution in [0.4, 0.5) is 4.79 Å². The van der Waals surface area contributed by atoms with Gasteiger partial charge in [0, 0.05) is 6.54 Å². The number of rotatable bonds is 8. The van der Waals surface area contributed by atoms with E-state index in [1.807, 2.05) is 0 Å². The number of benzene rings is 2. The van der Waals surface area contributed by atoms with E-state index < -0.39 is 12.0 Å². The van der Waals surface area contributed by atoms with E-state index in [4.69, 9.17) is 4.74 Å². The van der Waals surface area contributed by atoms with Crippen molar-refractivity contribution in [3.63, 3.8) is 0 Å². The van der Waals surface area contributed by atoms with Crippen LogP contribution in [0, 0.1) is 0 Å². The third kappa shape index (κ3) is 4.22. The second-order valence-corrected chi connectivity index (χ2v) is 7.49. The maximum Gasteiger partial charge on any atom is 0.338 e. The normalized spacial score (nSPS) is 15.2. The summed E-state index contributed by atoms with van der Waals surface area (Å²) in [5, 5.41) is 2.45. The second-order valence-electron chi connectivity index (χ2n) is 7.49. The van der Waals surface area contributed by atoms with Gasteiger partial charge in [0.25, 0.3) is 11.8 Å². The molecule has 2 aliphatic rings. The Balaban J connectivity index is 1.20. The largest absolute Gasteiger partial charge is 0.462 e. The molecule has 0 atom stereocenters. The number of carbonyl (C=O) groups is 5. The number of amides is 5. The molecular weight excluding hydrogens is 414 g/mol. The lowest BCUT2D eigenvalue weighted by Gasteiger charge is -2.13. The van der Waals surface area contributed by atoms with Gasteiger partial charge in [0.15, 0.2) is 0 Å². The minimum atomic E-state index is -0.493. The molecule has 4 rings (SSSR count). The number of carbonyl (C=O) groups excluding carboxylic acids is 5. The Morgan fingerprint density at radius 1 is 0.875 bits per heavy atom. The minimum Gasteiger partial charge on any atom is -0.462 e. The van der Waals surface area contributed by atoms with Crippen molar-refractivity contribution in [1.29, 1.82) is 0 Å². The number of nitrogens with zero attached hydrogens (tertiary/aromatic N) is 2. The van der Waals surface area contributed by atoms with Crippen LogP contribution in [0.3, 0.4) is 0 Å².